The molecule has 1 aromatic rings. The molecule has 9 nitrogen and oxygen atoms in total. The lowest BCUT2D eigenvalue weighted by Gasteiger charge is -2.50. The molecule has 3 heterocycles. The summed E-state index contributed by atoms with van der Waals surface area (Å²) in [6.45, 7) is 3.08. The van der Waals surface area contributed by atoms with Gasteiger partial charge in [0.05, 0.1) is 12.1 Å². The standard InChI is InChI=1S/C16H26N6O3/c1-21-15(18-19-20-21)22-5-2-16(3-6-25-7-4-16)13(10-22)17-14(24)11-8-12(23)9-11/h11-13,23H,2-10H2,1H3,(H,17,24). The summed E-state index contributed by atoms with van der Waals surface area (Å²) in [6.07, 6.45) is 3.76. The summed E-state index contributed by atoms with van der Waals surface area (Å²) in [5.74, 6) is 0.748. The Bertz CT molecular complexity index is 623. The normalized spacial score (nSPS) is 31.6. The molecular weight excluding hydrogens is 324 g/mol. The smallest absolute Gasteiger partial charge is 0.245 e. The maximum atomic E-state index is 12.6. The number of rotatable bonds is 3. The van der Waals surface area contributed by atoms with Gasteiger partial charge in [-0.15, -0.1) is 0 Å². The number of nitrogens with one attached hydrogen (secondary N) is 1. The van der Waals surface area contributed by atoms with E-state index in [-0.39, 0.29) is 29.4 Å². The van der Waals surface area contributed by atoms with Crippen molar-refractivity contribution in [3.8, 4) is 0 Å². The zero-order valence-corrected chi connectivity index (χ0v) is 14.6. The summed E-state index contributed by atoms with van der Waals surface area (Å²) < 4.78 is 7.24. The molecule has 25 heavy (non-hydrogen) atoms. The minimum atomic E-state index is -0.319. The van der Waals surface area contributed by atoms with Gasteiger partial charge < -0.3 is 20.1 Å². The number of hydrogen-bond acceptors (Lipinski definition) is 7. The van der Waals surface area contributed by atoms with Crippen molar-refractivity contribution >= 4 is 11.9 Å². The Morgan fingerprint density at radius 3 is 2.72 bits per heavy atom. The number of ether oxygens (including phenoxy) is 1. The number of carbonyl (C=O) groups excluding carboxylic acids is 1. The first-order chi connectivity index (χ1) is 12.1. The maximum Gasteiger partial charge on any atom is 0.245 e. The summed E-state index contributed by atoms with van der Waals surface area (Å²) >= 11 is 0. The van der Waals surface area contributed by atoms with E-state index < -0.39 is 0 Å². The highest BCUT2D eigenvalue weighted by Crippen LogP contribution is 2.42. The van der Waals surface area contributed by atoms with Gasteiger partial charge in [-0.25, -0.2) is 4.68 Å². The predicted molar refractivity (Wildman–Crippen MR) is 88.8 cm³/mol. The molecule has 0 bridgehead atoms. The van der Waals surface area contributed by atoms with Crippen LogP contribution in [0.5, 0.6) is 0 Å². The Kier molecular flexibility index (Phi) is 4.36. The molecule has 1 amide bonds. The third kappa shape index (κ3) is 3.10. The van der Waals surface area contributed by atoms with Crippen LogP contribution in [0.2, 0.25) is 0 Å². The molecule has 1 aromatic heterocycles. The average Bonchev–Trinajstić information content (AvgIpc) is 3.01. The number of aliphatic hydroxyl groups excluding tert-OH is 1. The van der Waals surface area contributed by atoms with Crippen LogP contribution in [0.15, 0.2) is 0 Å². The number of carbonyl (C=O) groups is 1. The zero-order valence-electron chi connectivity index (χ0n) is 14.6. The first kappa shape index (κ1) is 16.7. The SMILES string of the molecule is Cn1nnnc1N1CCC2(CCOCC2)C(NC(=O)C2CC(O)C2)C1. The van der Waals surface area contributed by atoms with Crippen molar-refractivity contribution in [1.82, 2.24) is 25.5 Å². The Balaban J connectivity index is 1.51. The van der Waals surface area contributed by atoms with Crippen LogP contribution in [0, 0.1) is 11.3 Å². The number of nitrogens with zero attached hydrogens (tertiary/aromatic N) is 5. The molecule has 3 aliphatic rings. The zero-order chi connectivity index (χ0) is 17.4. The number of tetrazole rings is 1. The summed E-state index contributed by atoms with van der Waals surface area (Å²) in [4.78, 5) is 14.8. The van der Waals surface area contributed by atoms with E-state index >= 15 is 0 Å². The first-order valence-corrected chi connectivity index (χ1v) is 9.11. The van der Waals surface area contributed by atoms with Gasteiger partial charge in [0, 0.05) is 39.3 Å². The van der Waals surface area contributed by atoms with Gasteiger partial charge >= 0.3 is 0 Å². The highest BCUT2D eigenvalue weighted by Gasteiger charge is 2.46. The Morgan fingerprint density at radius 1 is 1.32 bits per heavy atom. The monoisotopic (exact) mass is 350 g/mol. The van der Waals surface area contributed by atoms with Crippen molar-refractivity contribution < 1.29 is 14.6 Å². The largest absolute Gasteiger partial charge is 0.393 e. The van der Waals surface area contributed by atoms with Gasteiger partial charge in [0.15, 0.2) is 0 Å². The van der Waals surface area contributed by atoms with Crippen LogP contribution in [0.25, 0.3) is 0 Å². The molecule has 9 heteroatoms. The van der Waals surface area contributed by atoms with E-state index in [1.165, 1.54) is 0 Å². The van der Waals surface area contributed by atoms with Crippen LogP contribution in [0.3, 0.4) is 0 Å². The summed E-state index contributed by atoms with van der Waals surface area (Å²) in [6, 6.07) is 0.0482. The number of amides is 1. The van der Waals surface area contributed by atoms with Crippen LogP contribution in [0.1, 0.15) is 32.1 Å². The maximum absolute atomic E-state index is 12.6. The quantitative estimate of drug-likeness (QED) is 0.755. The van der Waals surface area contributed by atoms with Crippen LogP contribution in [-0.4, -0.2) is 69.7 Å². The Hall–Kier alpha value is -1.74. The molecule has 138 valence electrons. The summed E-state index contributed by atoms with van der Waals surface area (Å²) in [5.41, 5.74) is 0.0821. The average molecular weight is 350 g/mol. The fourth-order valence-electron chi connectivity index (χ4n) is 4.38. The van der Waals surface area contributed by atoms with Crippen molar-refractivity contribution in [2.45, 2.75) is 44.2 Å². The van der Waals surface area contributed by atoms with Gasteiger partial charge in [0.1, 0.15) is 0 Å². The molecule has 1 spiro atoms. The van der Waals surface area contributed by atoms with Crippen molar-refractivity contribution in [3.63, 3.8) is 0 Å². The lowest BCUT2D eigenvalue weighted by Crippen LogP contribution is -2.61. The van der Waals surface area contributed by atoms with Crippen LogP contribution in [-0.2, 0) is 16.6 Å². The van der Waals surface area contributed by atoms with Crippen molar-refractivity contribution in [3.05, 3.63) is 0 Å². The molecule has 1 aliphatic carbocycles. The number of piperidine rings is 1. The number of aromatic nitrogens is 4. The van der Waals surface area contributed by atoms with Gasteiger partial charge in [-0.2, -0.15) is 0 Å². The number of aliphatic hydroxyl groups is 1. The topological polar surface area (TPSA) is 105 Å². The van der Waals surface area contributed by atoms with Crippen LogP contribution >= 0.6 is 0 Å². The Labute approximate surface area is 146 Å². The number of hydrogen-bond donors (Lipinski definition) is 2. The second kappa shape index (κ2) is 6.53. The lowest BCUT2D eigenvalue weighted by atomic mass is 9.68. The van der Waals surface area contributed by atoms with Crippen LogP contribution in [0.4, 0.5) is 5.95 Å². The number of anilines is 1. The molecule has 2 aliphatic heterocycles. The van der Waals surface area contributed by atoms with Crippen molar-refractivity contribution in [2.75, 3.05) is 31.2 Å². The highest BCUT2D eigenvalue weighted by molar-refractivity contribution is 5.80. The fraction of sp³-hybridized carbons (Fsp3) is 0.875. The number of aryl methyl sites for hydroxylation is 1. The van der Waals surface area contributed by atoms with E-state index in [4.69, 9.17) is 4.74 Å². The second-order valence-corrected chi connectivity index (χ2v) is 7.66. The minimum absolute atomic E-state index is 0.0482. The third-order valence-corrected chi connectivity index (χ3v) is 6.19. The van der Waals surface area contributed by atoms with Gasteiger partial charge in [0.25, 0.3) is 0 Å². The molecule has 1 atom stereocenters. The molecule has 2 saturated heterocycles. The molecule has 1 saturated carbocycles. The van der Waals surface area contributed by atoms with E-state index in [2.05, 4.69) is 25.7 Å². The van der Waals surface area contributed by atoms with E-state index in [9.17, 15) is 9.90 Å². The predicted octanol–water partition coefficient (Wildman–Crippen LogP) is -0.527. The summed E-state index contributed by atoms with van der Waals surface area (Å²) in [7, 11) is 1.83. The van der Waals surface area contributed by atoms with E-state index in [0.29, 0.717) is 19.4 Å². The molecule has 1 unspecified atom stereocenters. The van der Waals surface area contributed by atoms with Crippen molar-refractivity contribution in [2.24, 2.45) is 18.4 Å². The van der Waals surface area contributed by atoms with Gasteiger partial charge in [-0.05, 0) is 47.9 Å². The molecule has 0 radical (unpaired) electrons. The van der Waals surface area contributed by atoms with E-state index in [1.807, 2.05) is 7.05 Å². The van der Waals surface area contributed by atoms with Crippen molar-refractivity contribution in [1.29, 1.82) is 0 Å². The highest BCUT2D eigenvalue weighted by atomic mass is 16.5. The fourth-order valence-corrected chi connectivity index (χ4v) is 4.38. The minimum Gasteiger partial charge on any atom is -0.393 e. The first-order valence-electron chi connectivity index (χ1n) is 9.11. The summed E-state index contributed by atoms with van der Waals surface area (Å²) in [5, 5.41) is 24.5. The van der Waals surface area contributed by atoms with Gasteiger partial charge in [0.2, 0.25) is 11.9 Å². The molecular formula is C16H26N6O3. The molecule has 0 aromatic carbocycles. The van der Waals surface area contributed by atoms with Crippen LogP contribution < -0.4 is 10.2 Å². The lowest BCUT2D eigenvalue weighted by molar-refractivity contribution is -0.134. The molecule has 4 rings (SSSR count). The van der Waals surface area contributed by atoms with Gasteiger partial charge in [-0.3, -0.25) is 4.79 Å². The third-order valence-electron chi connectivity index (χ3n) is 6.19. The second-order valence-electron chi connectivity index (χ2n) is 7.66. The molecule has 3 fully saturated rings. The Morgan fingerprint density at radius 2 is 2.08 bits per heavy atom. The van der Waals surface area contributed by atoms with Gasteiger partial charge in [-0.1, -0.05) is 5.10 Å². The molecule has 2 N–H and O–H groups in total. The van der Waals surface area contributed by atoms with E-state index in [0.717, 1.165) is 45.0 Å². The van der Waals surface area contributed by atoms with E-state index in [1.54, 1.807) is 4.68 Å².